The molecule has 2 aliphatic rings. The second-order valence-corrected chi connectivity index (χ2v) is 7.21. The Morgan fingerprint density at radius 3 is 2.52 bits per heavy atom. The summed E-state index contributed by atoms with van der Waals surface area (Å²) in [6, 6.07) is 11.4. The first kappa shape index (κ1) is 19.2. The first-order chi connectivity index (χ1) is 14.1. The minimum Gasteiger partial charge on any atom is -0.486 e. The number of benzene rings is 2. The summed E-state index contributed by atoms with van der Waals surface area (Å²) in [4.78, 5) is 27.0. The highest BCUT2D eigenvalue weighted by atomic mass is 19.1. The summed E-state index contributed by atoms with van der Waals surface area (Å²) >= 11 is 0. The monoisotopic (exact) mass is 395 g/mol. The normalized spacial score (nSPS) is 16.8. The first-order valence-corrected chi connectivity index (χ1v) is 9.76. The van der Waals surface area contributed by atoms with Gasteiger partial charge in [-0.25, -0.2) is 4.39 Å². The summed E-state index contributed by atoms with van der Waals surface area (Å²) in [6.07, 6.45) is 4.30. The highest BCUT2D eigenvalue weighted by molar-refractivity contribution is 5.99. The van der Waals surface area contributed by atoms with Crippen LogP contribution in [0.1, 0.15) is 28.8 Å². The number of amides is 1. The minimum atomic E-state index is -0.335. The molecule has 0 atom stereocenters. The molecule has 0 bridgehead atoms. The van der Waals surface area contributed by atoms with E-state index in [1.165, 1.54) is 18.2 Å². The van der Waals surface area contributed by atoms with E-state index in [1.54, 1.807) is 41.3 Å². The number of halogens is 1. The molecule has 150 valence electrons. The zero-order valence-electron chi connectivity index (χ0n) is 16.0. The second-order valence-electron chi connectivity index (χ2n) is 7.21. The van der Waals surface area contributed by atoms with E-state index in [4.69, 9.17) is 9.47 Å². The van der Waals surface area contributed by atoms with Crippen molar-refractivity contribution in [2.45, 2.75) is 12.8 Å². The Hall–Kier alpha value is -3.15. The molecule has 5 nitrogen and oxygen atoms in total. The van der Waals surface area contributed by atoms with Crippen molar-refractivity contribution in [2.24, 2.45) is 5.92 Å². The highest BCUT2D eigenvalue weighted by Crippen LogP contribution is 2.32. The number of fused-ring (bicyclic) bond motifs is 1. The standard InChI is InChI=1S/C23H22FNO4/c24-19-3-1-2-16(14-19)4-7-22(26)25-10-8-17(9-11-25)23(27)18-5-6-20-21(15-18)29-13-12-28-20/h1-7,14-15,17H,8-13H2. The second kappa shape index (κ2) is 8.47. The van der Waals surface area contributed by atoms with Crippen molar-refractivity contribution in [3.63, 3.8) is 0 Å². The molecule has 29 heavy (non-hydrogen) atoms. The zero-order chi connectivity index (χ0) is 20.2. The fraction of sp³-hybridized carbons (Fsp3) is 0.304. The lowest BCUT2D eigenvalue weighted by molar-refractivity contribution is -0.127. The number of nitrogens with zero attached hydrogens (tertiary/aromatic N) is 1. The van der Waals surface area contributed by atoms with E-state index in [-0.39, 0.29) is 23.4 Å². The van der Waals surface area contributed by atoms with Gasteiger partial charge in [-0.05, 0) is 54.8 Å². The first-order valence-electron chi connectivity index (χ1n) is 9.76. The summed E-state index contributed by atoms with van der Waals surface area (Å²) < 4.78 is 24.3. The maximum absolute atomic E-state index is 13.2. The molecule has 4 rings (SSSR count). The van der Waals surface area contributed by atoms with Crippen molar-refractivity contribution < 1.29 is 23.5 Å². The van der Waals surface area contributed by atoms with Crippen LogP contribution in [-0.2, 0) is 4.79 Å². The fourth-order valence-electron chi connectivity index (χ4n) is 3.68. The highest BCUT2D eigenvalue weighted by Gasteiger charge is 2.28. The molecule has 2 aliphatic heterocycles. The Balaban J connectivity index is 1.34. The average Bonchev–Trinajstić information content (AvgIpc) is 2.77. The van der Waals surface area contributed by atoms with Gasteiger partial charge < -0.3 is 14.4 Å². The van der Waals surface area contributed by atoms with Crippen LogP contribution in [0, 0.1) is 11.7 Å². The predicted molar refractivity (Wildman–Crippen MR) is 107 cm³/mol. The number of Topliss-reactive ketones (excluding diaryl/α,β-unsaturated/α-hetero) is 1. The van der Waals surface area contributed by atoms with E-state index in [2.05, 4.69) is 0 Å². The molecule has 0 N–H and O–H groups in total. The van der Waals surface area contributed by atoms with Crippen LogP contribution in [-0.4, -0.2) is 42.9 Å². The maximum Gasteiger partial charge on any atom is 0.246 e. The zero-order valence-corrected chi connectivity index (χ0v) is 16.0. The van der Waals surface area contributed by atoms with Gasteiger partial charge >= 0.3 is 0 Å². The van der Waals surface area contributed by atoms with Crippen molar-refractivity contribution in [1.82, 2.24) is 4.90 Å². The lowest BCUT2D eigenvalue weighted by Gasteiger charge is -2.30. The molecule has 0 aliphatic carbocycles. The van der Waals surface area contributed by atoms with Crippen LogP contribution in [0.25, 0.3) is 6.08 Å². The largest absolute Gasteiger partial charge is 0.486 e. The maximum atomic E-state index is 13.2. The molecule has 0 saturated carbocycles. The fourth-order valence-corrected chi connectivity index (χ4v) is 3.68. The third-order valence-corrected chi connectivity index (χ3v) is 5.27. The van der Waals surface area contributed by atoms with Crippen LogP contribution in [0.15, 0.2) is 48.5 Å². The molecule has 0 aromatic heterocycles. The smallest absolute Gasteiger partial charge is 0.246 e. The minimum absolute atomic E-state index is 0.0735. The molecule has 6 heteroatoms. The Kier molecular flexibility index (Phi) is 5.60. The van der Waals surface area contributed by atoms with Gasteiger partial charge in [-0.2, -0.15) is 0 Å². The van der Waals surface area contributed by atoms with Crippen LogP contribution in [0.3, 0.4) is 0 Å². The van der Waals surface area contributed by atoms with E-state index >= 15 is 0 Å². The molecule has 1 saturated heterocycles. The van der Waals surface area contributed by atoms with Gasteiger partial charge in [0.2, 0.25) is 5.91 Å². The van der Waals surface area contributed by atoms with Crippen LogP contribution in [0.2, 0.25) is 0 Å². The van der Waals surface area contributed by atoms with Gasteiger partial charge in [-0.3, -0.25) is 9.59 Å². The van der Waals surface area contributed by atoms with E-state index in [9.17, 15) is 14.0 Å². The lowest BCUT2D eigenvalue weighted by Crippen LogP contribution is -2.39. The number of rotatable bonds is 4. The Labute approximate surface area is 168 Å². The van der Waals surface area contributed by atoms with Gasteiger partial charge in [0.1, 0.15) is 19.0 Å². The topological polar surface area (TPSA) is 55.8 Å². The van der Waals surface area contributed by atoms with Gasteiger partial charge in [0, 0.05) is 30.6 Å². The van der Waals surface area contributed by atoms with E-state index < -0.39 is 0 Å². The molecular formula is C23H22FNO4. The van der Waals surface area contributed by atoms with Crippen molar-refractivity contribution >= 4 is 17.8 Å². The number of hydrogen-bond acceptors (Lipinski definition) is 4. The van der Waals surface area contributed by atoms with Crippen molar-refractivity contribution in [3.8, 4) is 11.5 Å². The van der Waals surface area contributed by atoms with Crippen LogP contribution in [0.5, 0.6) is 11.5 Å². The molecule has 0 radical (unpaired) electrons. The SMILES string of the molecule is O=C(c1ccc2c(c1)OCCO2)C1CCN(C(=O)C=Cc2cccc(F)c2)CC1. The Bertz CT molecular complexity index is 948. The number of piperidine rings is 1. The molecule has 2 heterocycles. The summed E-state index contributed by atoms with van der Waals surface area (Å²) in [7, 11) is 0. The summed E-state index contributed by atoms with van der Waals surface area (Å²) in [5, 5.41) is 0. The number of ether oxygens (including phenoxy) is 2. The summed E-state index contributed by atoms with van der Waals surface area (Å²) in [5.74, 6) is 0.770. The Morgan fingerprint density at radius 1 is 1.00 bits per heavy atom. The third kappa shape index (κ3) is 4.47. The van der Waals surface area contributed by atoms with Crippen molar-refractivity contribution in [3.05, 3.63) is 65.5 Å². The number of ketones is 1. The van der Waals surface area contributed by atoms with Crippen LogP contribution < -0.4 is 9.47 Å². The average molecular weight is 395 g/mol. The number of carbonyl (C=O) groups excluding carboxylic acids is 2. The van der Waals surface area contributed by atoms with E-state index in [0.29, 0.717) is 61.8 Å². The van der Waals surface area contributed by atoms with Crippen molar-refractivity contribution in [2.75, 3.05) is 26.3 Å². The molecule has 1 amide bonds. The lowest BCUT2D eigenvalue weighted by atomic mass is 9.88. The van der Waals surface area contributed by atoms with E-state index in [0.717, 1.165) is 0 Å². The molecule has 1 fully saturated rings. The summed E-state index contributed by atoms with van der Waals surface area (Å²) in [6.45, 7) is 2.04. The quantitative estimate of drug-likeness (QED) is 0.585. The Morgan fingerprint density at radius 2 is 1.76 bits per heavy atom. The molecular weight excluding hydrogens is 373 g/mol. The van der Waals surface area contributed by atoms with Gasteiger partial charge in [0.15, 0.2) is 17.3 Å². The molecule has 2 aromatic carbocycles. The third-order valence-electron chi connectivity index (χ3n) is 5.27. The molecule has 0 spiro atoms. The van der Waals surface area contributed by atoms with Gasteiger partial charge in [0.05, 0.1) is 0 Å². The van der Waals surface area contributed by atoms with Crippen LogP contribution >= 0.6 is 0 Å². The van der Waals surface area contributed by atoms with Gasteiger partial charge in [-0.15, -0.1) is 0 Å². The summed E-state index contributed by atoms with van der Waals surface area (Å²) in [5.41, 5.74) is 1.26. The molecule has 2 aromatic rings. The molecule has 0 unspecified atom stereocenters. The van der Waals surface area contributed by atoms with Gasteiger partial charge in [0.25, 0.3) is 0 Å². The number of hydrogen-bond donors (Lipinski definition) is 0. The number of likely N-dealkylation sites (tertiary alicyclic amines) is 1. The predicted octanol–water partition coefficient (Wildman–Crippen LogP) is 3.73. The number of carbonyl (C=O) groups is 2. The van der Waals surface area contributed by atoms with Gasteiger partial charge in [-0.1, -0.05) is 12.1 Å². The van der Waals surface area contributed by atoms with Crippen molar-refractivity contribution in [1.29, 1.82) is 0 Å². The van der Waals surface area contributed by atoms with E-state index in [1.807, 2.05) is 0 Å². The van der Waals surface area contributed by atoms with Crippen LogP contribution in [0.4, 0.5) is 4.39 Å².